The molecule has 0 spiro atoms. The Balaban J connectivity index is 2.62. The van der Waals surface area contributed by atoms with Gasteiger partial charge in [0.05, 0.1) is 5.69 Å². The van der Waals surface area contributed by atoms with E-state index in [-0.39, 0.29) is 0 Å². The van der Waals surface area contributed by atoms with Crippen LogP contribution >= 0.6 is 0 Å². The molecule has 2 N–H and O–H groups in total. The number of hydrogen-bond acceptors (Lipinski definition) is 3. The fourth-order valence-corrected chi connectivity index (χ4v) is 1.56. The van der Waals surface area contributed by atoms with Gasteiger partial charge in [0.2, 0.25) is 5.95 Å². The van der Waals surface area contributed by atoms with Gasteiger partial charge in [0.25, 0.3) is 0 Å². The molecule has 4 nitrogen and oxygen atoms in total. The van der Waals surface area contributed by atoms with Gasteiger partial charge in [-0.05, 0) is 38.0 Å². The van der Waals surface area contributed by atoms with Crippen molar-refractivity contribution in [3.05, 3.63) is 35.2 Å². The molecule has 1 aromatic carbocycles. The van der Waals surface area contributed by atoms with Crippen LogP contribution < -0.4 is 5.73 Å². The molecular formula is C11H14N4. The molecule has 78 valence electrons. The first-order valence-corrected chi connectivity index (χ1v) is 4.84. The third-order valence-corrected chi connectivity index (χ3v) is 2.33. The first-order chi connectivity index (χ1) is 7.08. The van der Waals surface area contributed by atoms with E-state index in [9.17, 15) is 0 Å². The maximum absolute atomic E-state index is 5.78. The summed E-state index contributed by atoms with van der Waals surface area (Å²) in [4.78, 5) is 4.09. The summed E-state index contributed by atoms with van der Waals surface area (Å²) >= 11 is 0. The summed E-state index contributed by atoms with van der Waals surface area (Å²) in [5, 5.41) is 4.26. The zero-order chi connectivity index (χ0) is 11.0. The van der Waals surface area contributed by atoms with Crippen molar-refractivity contribution in [3.63, 3.8) is 0 Å². The summed E-state index contributed by atoms with van der Waals surface area (Å²) in [6.45, 7) is 5.91. The lowest BCUT2D eigenvalue weighted by Crippen LogP contribution is -2.04. The van der Waals surface area contributed by atoms with Crippen LogP contribution in [0.5, 0.6) is 0 Å². The Hall–Kier alpha value is -1.84. The van der Waals surface area contributed by atoms with E-state index < -0.39 is 0 Å². The van der Waals surface area contributed by atoms with Crippen molar-refractivity contribution in [2.24, 2.45) is 0 Å². The van der Waals surface area contributed by atoms with Crippen molar-refractivity contribution >= 4 is 5.95 Å². The number of aromatic nitrogens is 3. The van der Waals surface area contributed by atoms with E-state index in [1.165, 1.54) is 5.56 Å². The molecule has 0 fully saturated rings. The van der Waals surface area contributed by atoms with Crippen molar-refractivity contribution in [1.29, 1.82) is 0 Å². The molecule has 1 heterocycles. The van der Waals surface area contributed by atoms with Crippen molar-refractivity contribution < 1.29 is 0 Å². The summed E-state index contributed by atoms with van der Waals surface area (Å²) in [6.07, 6.45) is 0. The number of benzene rings is 1. The number of rotatable bonds is 1. The first kappa shape index (κ1) is 9.71. The number of aryl methyl sites for hydroxylation is 3. The average Bonchev–Trinajstić information content (AvgIpc) is 2.50. The van der Waals surface area contributed by atoms with Crippen LogP contribution in [0, 0.1) is 20.8 Å². The minimum absolute atomic E-state index is 0.432. The van der Waals surface area contributed by atoms with Crippen molar-refractivity contribution in [3.8, 4) is 5.69 Å². The minimum Gasteiger partial charge on any atom is -0.368 e. The van der Waals surface area contributed by atoms with Crippen molar-refractivity contribution in [2.45, 2.75) is 20.8 Å². The zero-order valence-electron chi connectivity index (χ0n) is 9.15. The van der Waals surface area contributed by atoms with Gasteiger partial charge in [0, 0.05) is 0 Å². The average molecular weight is 202 g/mol. The summed E-state index contributed by atoms with van der Waals surface area (Å²) < 4.78 is 1.68. The number of anilines is 1. The number of hydrogen-bond donors (Lipinski definition) is 1. The molecular weight excluding hydrogens is 188 g/mol. The third kappa shape index (κ3) is 1.70. The molecule has 0 radical (unpaired) electrons. The van der Waals surface area contributed by atoms with E-state index in [1.807, 2.05) is 20.8 Å². The maximum Gasteiger partial charge on any atom is 0.223 e. The van der Waals surface area contributed by atoms with E-state index in [1.54, 1.807) is 4.68 Å². The number of nitrogen functional groups attached to an aromatic ring is 1. The van der Waals surface area contributed by atoms with Gasteiger partial charge in [0.15, 0.2) is 0 Å². The van der Waals surface area contributed by atoms with Gasteiger partial charge in [-0.1, -0.05) is 12.1 Å². The second-order valence-electron chi connectivity index (χ2n) is 3.72. The Bertz CT molecular complexity index is 499. The largest absolute Gasteiger partial charge is 0.368 e. The standard InChI is InChI=1S/C11H14N4/c1-7-4-5-8(2)10(6-7)15-11(12)13-9(3)14-15/h4-6H,1-3H3,(H2,12,13,14). The van der Waals surface area contributed by atoms with E-state index in [0.717, 1.165) is 11.3 Å². The molecule has 2 aromatic rings. The second-order valence-corrected chi connectivity index (χ2v) is 3.72. The highest BCUT2D eigenvalue weighted by Gasteiger charge is 2.08. The molecule has 0 aliphatic heterocycles. The molecule has 0 aliphatic rings. The quantitative estimate of drug-likeness (QED) is 0.766. The topological polar surface area (TPSA) is 56.7 Å². The first-order valence-electron chi connectivity index (χ1n) is 4.84. The second kappa shape index (κ2) is 3.38. The molecule has 0 saturated heterocycles. The van der Waals surface area contributed by atoms with Crippen LogP contribution in [0.4, 0.5) is 5.95 Å². The van der Waals surface area contributed by atoms with Gasteiger partial charge in [0.1, 0.15) is 5.82 Å². The predicted octanol–water partition coefficient (Wildman–Crippen LogP) is 1.77. The highest BCUT2D eigenvalue weighted by Crippen LogP contribution is 2.17. The van der Waals surface area contributed by atoms with Gasteiger partial charge >= 0.3 is 0 Å². The van der Waals surface area contributed by atoms with Gasteiger partial charge < -0.3 is 5.73 Å². The van der Waals surface area contributed by atoms with Crippen LogP contribution in [0.2, 0.25) is 0 Å². The van der Waals surface area contributed by atoms with Gasteiger partial charge in [-0.2, -0.15) is 9.67 Å². The van der Waals surface area contributed by atoms with Crippen LogP contribution in [-0.2, 0) is 0 Å². The van der Waals surface area contributed by atoms with Crippen LogP contribution in [-0.4, -0.2) is 14.8 Å². The van der Waals surface area contributed by atoms with E-state index in [2.05, 4.69) is 28.3 Å². The molecule has 15 heavy (non-hydrogen) atoms. The maximum atomic E-state index is 5.78. The Kier molecular flexibility index (Phi) is 2.19. The molecule has 4 heteroatoms. The Labute approximate surface area is 88.8 Å². The lowest BCUT2D eigenvalue weighted by atomic mass is 10.1. The van der Waals surface area contributed by atoms with Crippen LogP contribution in [0.3, 0.4) is 0 Å². The zero-order valence-corrected chi connectivity index (χ0v) is 9.15. The molecule has 0 amide bonds. The fourth-order valence-electron chi connectivity index (χ4n) is 1.56. The Morgan fingerprint density at radius 3 is 2.53 bits per heavy atom. The van der Waals surface area contributed by atoms with Crippen molar-refractivity contribution in [2.75, 3.05) is 5.73 Å². The van der Waals surface area contributed by atoms with Gasteiger partial charge in [-0.15, -0.1) is 5.10 Å². The number of nitrogens with two attached hydrogens (primary N) is 1. The lowest BCUT2D eigenvalue weighted by Gasteiger charge is -2.07. The predicted molar refractivity (Wildman–Crippen MR) is 60.0 cm³/mol. The lowest BCUT2D eigenvalue weighted by molar-refractivity contribution is 0.863. The molecule has 1 aromatic heterocycles. The molecule has 0 saturated carbocycles. The van der Waals surface area contributed by atoms with Crippen LogP contribution in [0.25, 0.3) is 5.69 Å². The monoisotopic (exact) mass is 202 g/mol. The van der Waals surface area contributed by atoms with E-state index in [0.29, 0.717) is 11.8 Å². The number of nitrogens with zero attached hydrogens (tertiary/aromatic N) is 3. The van der Waals surface area contributed by atoms with Gasteiger partial charge in [-0.3, -0.25) is 0 Å². The fraction of sp³-hybridized carbons (Fsp3) is 0.273. The minimum atomic E-state index is 0.432. The SMILES string of the molecule is Cc1ccc(C)c(-n2nc(C)nc2N)c1. The summed E-state index contributed by atoms with van der Waals surface area (Å²) in [5.74, 6) is 1.12. The van der Waals surface area contributed by atoms with Crippen LogP contribution in [0.15, 0.2) is 18.2 Å². The van der Waals surface area contributed by atoms with E-state index in [4.69, 9.17) is 5.73 Å². The smallest absolute Gasteiger partial charge is 0.223 e. The molecule has 0 atom stereocenters. The summed E-state index contributed by atoms with van der Waals surface area (Å²) in [6, 6.07) is 6.18. The van der Waals surface area contributed by atoms with E-state index >= 15 is 0 Å². The highest BCUT2D eigenvalue weighted by molar-refractivity contribution is 5.45. The van der Waals surface area contributed by atoms with Gasteiger partial charge in [-0.25, -0.2) is 0 Å². The molecule has 0 bridgehead atoms. The Morgan fingerprint density at radius 2 is 1.93 bits per heavy atom. The Morgan fingerprint density at radius 1 is 1.20 bits per heavy atom. The highest BCUT2D eigenvalue weighted by atomic mass is 15.4. The third-order valence-electron chi connectivity index (χ3n) is 2.33. The molecule has 0 aliphatic carbocycles. The summed E-state index contributed by atoms with van der Waals surface area (Å²) in [5.41, 5.74) is 9.10. The van der Waals surface area contributed by atoms with Crippen molar-refractivity contribution in [1.82, 2.24) is 14.8 Å². The normalized spacial score (nSPS) is 10.6. The molecule has 2 rings (SSSR count). The summed E-state index contributed by atoms with van der Waals surface area (Å²) in [7, 11) is 0. The van der Waals surface area contributed by atoms with Crippen LogP contribution in [0.1, 0.15) is 17.0 Å². The molecule has 0 unspecified atom stereocenters.